The summed E-state index contributed by atoms with van der Waals surface area (Å²) in [5, 5.41) is 0. The highest BCUT2D eigenvalue weighted by atomic mass is 79.9. The summed E-state index contributed by atoms with van der Waals surface area (Å²) < 4.78 is 6.50. The van der Waals surface area contributed by atoms with E-state index in [9.17, 15) is 0 Å². The quantitative estimate of drug-likeness (QED) is 0.782. The Morgan fingerprint density at radius 1 is 1.46 bits per heavy atom. The fourth-order valence-corrected chi connectivity index (χ4v) is 1.73. The van der Waals surface area contributed by atoms with Crippen LogP contribution >= 0.6 is 28.3 Å². The molecule has 4 heteroatoms. The second kappa shape index (κ2) is 4.31. The Labute approximate surface area is 92.0 Å². The Balaban J connectivity index is 0.000000845. The molecule has 1 atom stereocenters. The molecule has 1 heterocycles. The van der Waals surface area contributed by atoms with Crippen molar-refractivity contribution in [1.29, 1.82) is 0 Å². The molecule has 0 amide bonds. The van der Waals surface area contributed by atoms with Crippen molar-refractivity contribution in [3.05, 3.63) is 28.2 Å². The van der Waals surface area contributed by atoms with Gasteiger partial charge in [-0.05, 0) is 12.1 Å². The van der Waals surface area contributed by atoms with Crippen molar-refractivity contribution in [3.8, 4) is 5.75 Å². The Bertz CT molecular complexity index is 306. The van der Waals surface area contributed by atoms with Crippen molar-refractivity contribution >= 4 is 28.3 Å². The highest BCUT2D eigenvalue weighted by molar-refractivity contribution is 9.10. The molecule has 0 saturated heterocycles. The Morgan fingerprint density at radius 3 is 3.00 bits per heavy atom. The third-order valence-electron chi connectivity index (χ3n) is 2.06. The zero-order valence-electron chi connectivity index (χ0n) is 7.00. The average molecular weight is 265 g/mol. The standard InChI is InChI=1S/C9H10BrNO.ClH/c10-6-1-2-7-8(11)3-4-12-9(7)5-6;/h1-2,5,8H,3-4,11H2;1H/t8-;/m1./s1. The maximum absolute atomic E-state index is 5.90. The lowest BCUT2D eigenvalue weighted by molar-refractivity contribution is 0.269. The molecule has 0 fully saturated rings. The lowest BCUT2D eigenvalue weighted by Crippen LogP contribution is -2.20. The van der Waals surface area contributed by atoms with Gasteiger partial charge in [-0.2, -0.15) is 0 Å². The molecule has 1 aromatic carbocycles. The maximum atomic E-state index is 5.90. The van der Waals surface area contributed by atoms with E-state index in [-0.39, 0.29) is 18.4 Å². The predicted octanol–water partition coefficient (Wildman–Crippen LogP) is 2.65. The van der Waals surface area contributed by atoms with Gasteiger partial charge in [0.15, 0.2) is 0 Å². The van der Waals surface area contributed by atoms with Crippen LogP contribution in [0.5, 0.6) is 5.75 Å². The molecule has 0 aromatic heterocycles. The molecule has 72 valence electrons. The van der Waals surface area contributed by atoms with Gasteiger partial charge in [0.05, 0.1) is 6.61 Å². The van der Waals surface area contributed by atoms with Gasteiger partial charge in [-0.1, -0.05) is 22.0 Å². The first-order valence-corrected chi connectivity index (χ1v) is 4.74. The lowest BCUT2D eigenvalue weighted by Gasteiger charge is -2.22. The summed E-state index contributed by atoms with van der Waals surface area (Å²) in [5.74, 6) is 0.920. The highest BCUT2D eigenvalue weighted by Crippen LogP contribution is 2.32. The first-order valence-electron chi connectivity index (χ1n) is 3.95. The molecule has 0 saturated carbocycles. The molecular weight excluding hydrogens is 253 g/mol. The molecule has 2 rings (SSSR count). The zero-order chi connectivity index (χ0) is 8.55. The normalized spacial score (nSPS) is 19.7. The number of hydrogen-bond acceptors (Lipinski definition) is 2. The molecule has 13 heavy (non-hydrogen) atoms. The molecule has 0 bridgehead atoms. The molecular formula is C9H11BrClNO. The summed E-state index contributed by atoms with van der Waals surface area (Å²) in [6.07, 6.45) is 0.911. The number of halogens is 2. The van der Waals surface area contributed by atoms with Crippen LogP contribution in [0, 0.1) is 0 Å². The summed E-state index contributed by atoms with van der Waals surface area (Å²) in [6, 6.07) is 6.12. The lowest BCUT2D eigenvalue weighted by atomic mass is 10.0. The molecule has 0 aliphatic carbocycles. The molecule has 1 aromatic rings. The van der Waals surface area contributed by atoms with E-state index in [4.69, 9.17) is 10.5 Å². The fourth-order valence-electron chi connectivity index (χ4n) is 1.39. The smallest absolute Gasteiger partial charge is 0.125 e. The van der Waals surface area contributed by atoms with Crippen molar-refractivity contribution < 1.29 is 4.74 Å². The van der Waals surface area contributed by atoms with Crippen LogP contribution in [0.3, 0.4) is 0 Å². The SMILES string of the molecule is Cl.N[C@@H]1CCOc2cc(Br)ccc21. The van der Waals surface area contributed by atoms with E-state index < -0.39 is 0 Å². The second-order valence-corrected chi connectivity index (χ2v) is 3.84. The van der Waals surface area contributed by atoms with E-state index in [1.54, 1.807) is 0 Å². The molecule has 2 nitrogen and oxygen atoms in total. The zero-order valence-corrected chi connectivity index (χ0v) is 9.40. The molecule has 0 spiro atoms. The van der Waals surface area contributed by atoms with Crippen molar-refractivity contribution in [3.63, 3.8) is 0 Å². The van der Waals surface area contributed by atoms with Gasteiger partial charge in [-0.15, -0.1) is 12.4 Å². The van der Waals surface area contributed by atoms with Crippen LogP contribution in [0.25, 0.3) is 0 Å². The van der Waals surface area contributed by atoms with Gasteiger partial charge in [0.25, 0.3) is 0 Å². The van der Waals surface area contributed by atoms with Gasteiger partial charge in [-0.25, -0.2) is 0 Å². The number of ether oxygens (including phenoxy) is 1. The number of nitrogens with two attached hydrogens (primary N) is 1. The van der Waals surface area contributed by atoms with Crippen LogP contribution in [-0.2, 0) is 0 Å². The van der Waals surface area contributed by atoms with Gasteiger partial charge in [0.2, 0.25) is 0 Å². The van der Waals surface area contributed by atoms with Gasteiger partial charge >= 0.3 is 0 Å². The van der Waals surface area contributed by atoms with Crippen LogP contribution in [0.2, 0.25) is 0 Å². The fraction of sp³-hybridized carbons (Fsp3) is 0.333. The van der Waals surface area contributed by atoms with Crippen molar-refractivity contribution in [1.82, 2.24) is 0 Å². The van der Waals surface area contributed by atoms with Gasteiger partial charge in [-0.3, -0.25) is 0 Å². The summed E-state index contributed by atoms with van der Waals surface area (Å²) in [6.45, 7) is 0.727. The van der Waals surface area contributed by atoms with Gasteiger partial charge in [0, 0.05) is 22.5 Å². The second-order valence-electron chi connectivity index (χ2n) is 2.93. The summed E-state index contributed by atoms with van der Waals surface area (Å²) >= 11 is 3.39. The topological polar surface area (TPSA) is 35.2 Å². The minimum absolute atomic E-state index is 0. The third kappa shape index (κ3) is 2.16. The monoisotopic (exact) mass is 263 g/mol. The van der Waals surface area contributed by atoms with E-state index in [2.05, 4.69) is 15.9 Å². The number of benzene rings is 1. The van der Waals surface area contributed by atoms with Crippen LogP contribution < -0.4 is 10.5 Å². The number of fused-ring (bicyclic) bond motifs is 1. The van der Waals surface area contributed by atoms with Crippen LogP contribution in [0.1, 0.15) is 18.0 Å². The van der Waals surface area contributed by atoms with Crippen LogP contribution in [0.4, 0.5) is 0 Å². The molecule has 0 unspecified atom stereocenters. The van der Waals surface area contributed by atoms with Crippen LogP contribution in [0.15, 0.2) is 22.7 Å². The van der Waals surface area contributed by atoms with E-state index in [1.165, 1.54) is 0 Å². The van der Waals surface area contributed by atoms with Crippen molar-refractivity contribution in [2.45, 2.75) is 12.5 Å². The average Bonchev–Trinajstić information content (AvgIpc) is 2.04. The Hall–Kier alpha value is -0.250. The minimum atomic E-state index is 0. The van der Waals surface area contributed by atoms with Crippen molar-refractivity contribution in [2.24, 2.45) is 5.73 Å². The molecule has 1 aliphatic heterocycles. The first kappa shape index (κ1) is 10.8. The predicted molar refractivity (Wildman–Crippen MR) is 58.4 cm³/mol. The maximum Gasteiger partial charge on any atom is 0.125 e. The molecule has 0 radical (unpaired) electrons. The highest BCUT2D eigenvalue weighted by Gasteiger charge is 2.17. The third-order valence-corrected chi connectivity index (χ3v) is 2.55. The van der Waals surface area contributed by atoms with Gasteiger partial charge in [0.1, 0.15) is 5.75 Å². The van der Waals surface area contributed by atoms with Gasteiger partial charge < -0.3 is 10.5 Å². The molecule has 1 aliphatic rings. The minimum Gasteiger partial charge on any atom is -0.493 e. The van der Waals surface area contributed by atoms with Crippen molar-refractivity contribution in [2.75, 3.05) is 6.61 Å². The van der Waals surface area contributed by atoms with E-state index in [0.717, 1.165) is 28.8 Å². The number of rotatable bonds is 0. The van der Waals surface area contributed by atoms with E-state index in [1.807, 2.05) is 18.2 Å². The van der Waals surface area contributed by atoms with Crippen LogP contribution in [-0.4, -0.2) is 6.61 Å². The summed E-state index contributed by atoms with van der Waals surface area (Å²) in [7, 11) is 0. The van der Waals surface area contributed by atoms with E-state index in [0.29, 0.717) is 0 Å². The summed E-state index contributed by atoms with van der Waals surface area (Å²) in [4.78, 5) is 0. The first-order chi connectivity index (χ1) is 5.77. The largest absolute Gasteiger partial charge is 0.493 e. The van der Waals surface area contributed by atoms with E-state index >= 15 is 0 Å². The Morgan fingerprint density at radius 2 is 2.23 bits per heavy atom. The molecule has 2 N–H and O–H groups in total. The Kier molecular flexibility index (Phi) is 3.59. The summed E-state index contributed by atoms with van der Waals surface area (Å²) in [5.41, 5.74) is 7.02. The number of hydrogen-bond donors (Lipinski definition) is 1.